The number of ether oxygens (including phenoxy) is 2. The highest BCUT2D eigenvalue weighted by Gasteiger charge is 2.27. The van der Waals surface area contributed by atoms with Gasteiger partial charge in [-0.2, -0.15) is 0 Å². The van der Waals surface area contributed by atoms with Gasteiger partial charge < -0.3 is 14.4 Å². The molecule has 0 unspecified atom stereocenters. The van der Waals surface area contributed by atoms with Crippen LogP contribution in [0.25, 0.3) is 22.0 Å². The van der Waals surface area contributed by atoms with Crippen LogP contribution >= 0.6 is 0 Å². The van der Waals surface area contributed by atoms with Gasteiger partial charge in [-0.3, -0.25) is 0 Å². The van der Waals surface area contributed by atoms with E-state index in [0.29, 0.717) is 11.5 Å². The van der Waals surface area contributed by atoms with Crippen molar-refractivity contribution in [2.75, 3.05) is 4.90 Å². The van der Waals surface area contributed by atoms with Gasteiger partial charge in [-0.25, -0.2) is 9.59 Å². The van der Waals surface area contributed by atoms with Crippen LogP contribution in [0.3, 0.4) is 0 Å². The standard InChI is InChI=1S/C34H25NO4/c1-3-31(36)38-27-16-12-25(13-17-27)35(26-14-18-28(19-15-26)39-32(37)4-2)30-21-11-24-9-8-22-6-5-7-23-10-20-29(30)34(24)33(22)23/h3-7,9-10,12-21H,1-2,8,11H2. The van der Waals surface area contributed by atoms with Gasteiger partial charge in [-0.1, -0.05) is 55.6 Å². The Bertz CT molecular complexity index is 1640. The van der Waals surface area contributed by atoms with Crippen molar-refractivity contribution in [3.63, 3.8) is 0 Å². The maximum absolute atomic E-state index is 11.7. The lowest BCUT2D eigenvalue weighted by atomic mass is 9.80. The molecule has 5 heteroatoms. The zero-order valence-electron chi connectivity index (χ0n) is 21.2. The predicted molar refractivity (Wildman–Crippen MR) is 155 cm³/mol. The number of hydrogen-bond acceptors (Lipinski definition) is 5. The third-order valence-corrected chi connectivity index (χ3v) is 7.01. The highest BCUT2D eigenvalue weighted by molar-refractivity contribution is 6.06. The lowest BCUT2D eigenvalue weighted by Crippen LogP contribution is -2.19. The van der Waals surface area contributed by atoms with Crippen molar-refractivity contribution in [1.82, 2.24) is 0 Å². The SMILES string of the molecule is C=CC(=O)Oc1ccc(N(C2=CCC3=CCc4cccc5ccc2c3c45)c2ccc(OC(=O)C=C)cc2)cc1. The van der Waals surface area contributed by atoms with Crippen molar-refractivity contribution in [2.45, 2.75) is 12.8 Å². The molecule has 0 radical (unpaired) electrons. The van der Waals surface area contributed by atoms with Crippen LogP contribution in [-0.2, 0) is 16.0 Å². The summed E-state index contributed by atoms with van der Waals surface area (Å²) in [6.07, 6.45) is 8.62. The monoisotopic (exact) mass is 511 g/mol. The van der Waals surface area contributed by atoms with Gasteiger partial charge in [0.1, 0.15) is 11.5 Å². The molecular formula is C34H25NO4. The van der Waals surface area contributed by atoms with Crippen molar-refractivity contribution < 1.29 is 19.1 Å². The maximum atomic E-state index is 11.7. The van der Waals surface area contributed by atoms with Gasteiger partial charge >= 0.3 is 11.9 Å². The Kier molecular flexibility index (Phi) is 6.17. The molecule has 190 valence electrons. The third-order valence-electron chi connectivity index (χ3n) is 7.01. The van der Waals surface area contributed by atoms with Crippen molar-refractivity contribution in [3.8, 4) is 11.5 Å². The van der Waals surface area contributed by atoms with Gasteiger partial charge in [-0.15, -0.1) is 0 Å². The smallest absolute Gasteiger partial charge is 0.335 e. The molecule has 0 saturated carbocycles. The fraction of sp³-hybridized carbons (Fsp3) is 0.0588. The Hall–Kier alpha value is -5.16. The van der Waals surface area contributed by atoms with Gasteiger partial charge in [0.15, 0.2) is 0 Å². The van der Waals surface area contributed by atoms with Crippen molar-refractivity contribution in [1.29, 1.82) is 0 Å². The average Bonchev–Trinajstić information content (AvgIpc) is 2.98. The summed E-state index contributed by atoms with van der Waals surface area (Å²) in [7, 11) is 0. The van der Waals surface area contributed by atoms with E-state index in [9.17, 15) is 9.59 Å². The molecule has 0 saturated heterocycles. The van der Waals surface area contributed by atoms with Crippen LogP contribution in [0.15, 0.2) is 116 Å². The summed E-state index contributed by atoms with van der Waals surface area (Å²) in [5.41, 5.74) is 7.94. The van der Waals surface area contributed by atoms with Crippen LogP contribution in [0, 0.1) is 0 Å². The number of carbonyl (C=O) groups excluding carboxylic acids is 2. The van der Waals surface area contributed by atoms with Crippen LogP contribution < -0.4 is 14.4 Å². The van der Waals surface area contributed by atoms with Gasteiger partial charge in [0.2, 0.25) is 0 Å². The highest BCUT2D eigenvalue weighted by Crippen LogP contribution is 2.46. The van der Waals surface area contributed by atoms with E-state index in [2.05, 4.69) is 60.5 Å². The Labute approximate surface area is 226 Å². The van der Waals surface area contributed by atoms with Gasteiger partial charge in [0.25, 0.3) is 0 Å². The van der Waals surface area contributed by atoms with Gasteiger partial charge in [-0.05, 0) is 88.8 Å². The number of carbonyl (C=O) groups is 2. The van der Waals surface area contributed by atoms with Crippen molar-refractivity contribution >= 4 is 45.4 Å². The average molecular weight is 512 g/mol. The van der Waals surface area contributed by atoms with Gasteiger partial charge in [0.05, 0.1) is 5.70 Å². The molecule has 0 amide bonds. The van der Waals surface area contributed by atoms with Crippen LogP contribution in [0.4, 0.5) is 11.4 Å². The Balaban J connectivity index is 1.47. The molecule has 0 aromatic heterocycles. The zero-order valence-corrected chi connectivity index (χ0v) is 21.2. The first-order chi connectivity index (χ1) is 19.1. The molecule has 2 aliphatic carbocycles. The Morgan fingerprint density at radius 3 is 1.92 bits per heavy atom. The molecule has 2 aliphatic rings. The van der Waals surface area contributed by atoms with E-state index in [1.54, 1.807) is 24.3 Å². The van der Waals surface area contributed by atoms with Gasteiger partial charge in [0, 0.05) is 29.1 Å². The second kappa shape index (κ2) is 9.95. The summed E-state index contributed by atoms with van der Waals surface area (Å²) in [5, 5.41) is 2.56. The van der Waals surface area contributed by atoms with E-state index < -0.39 is 11.9 Å². The first kappa shape index (κ1) is 24.2. The van der Waals surface area contributed by atoms with E-state index in [1.807, 2.05) is 24.3 Å². The summed E-state index contributed by atoms with van der Waals surface area (Å²) in [5.74, 6) is -0.151. The fourth-order valence-corrected chi connectivity index (χ4v) is 5.29. The number of esters is 2. The zero-order chi connectivity index (χ0) is 26.9. The maximum Gasteiger partial charge on any atom is 0.335 e. The number of allylic oxidation sites excluding steroid dienone is 3. The Morgan fingerprint density at radius 2 is 1.33 bits per heavy atom. The molecule has 0 heterocycles. The lowest BCUT2D eigenvalue weighted by molar-refractivity contribution is -0.129. The van der Waals surface area contributed by atoms with E-state index in [4.69, 9.17) is 9.47 Å². The molecule has 39 heavy (non-hydrogen) atoms. The lowest BCUT2D eigenvalue weighted by Gasteiger charge is -2.34. The number of hydrogen-bond donors (Lipinski definition) is 0. The third kappa shape index (κ3) is 4.44. The second-order valence-electron chi connectivity index (χ2n) is 9.30. The van der Waals surface area contributed by atoms with Crippen molar-refractivity contribution in [3.05, 3.63) is 133 Å². The molecule has 4 aromatic carbocycles. The molecule has 0 atom stereocenters. The first-order valence-electron chi connectivity index (χ1n) is 12.7. The quantitative estimate of drug-likeness (QED) is 0.146. The summed E-state index contributed by atoms with van der Waals surface area (Å²) >= 11 is 0. The molecular weight excluding hydrogens is 486 g/mol. The van der Waals surface area contributed by atoms with Crippen LogP contribution in [0.2, 0.25) is 0 Å². The van der Waals surface area contributed by atoms with E-state index in [-0.39, 0.29) is 0 Å². The van der Waals surface area contributed by atoms with E-state index in [1.165, 1.54) is 27.5 Å². The molecule has 0 spiro atoms. The number of anilines is 2. The molecule has 6 rings (SSSR count). The molecule has 0 aliphatic heterocycles. The number of benzene rings is 4. The van der Waals surface area contributed by atoms with Crippen molar-refractivity contribution in [2.24, 2.45) is 0 Å². The molecule has 0 fully saturated rings. The molecule has 0 N–H and O–H groups in total. The summed E-state index contributed by atoms with van der Waals surface area (Å²) < 4.78 is 10.6. The topological polar surface area (TPSA) is 55.8 Å². The molecule has 4 aromatic rings. The predicted octanol–water partition coefficient (Wildman–Crippen LogP) is 7.55. The largest absolute Gasteiger partial charge is 0.423 e. The second-order valence-corrected chi connectivity index (χ2v) is 9.30. The van der Waals surface area contributed by atoms with E-state index >= 15 is 0 Å². The highest BCUT2D eigenvalue weighted by atomic mass is 16.5. The summed E-state index contributed by atoms with van der Waals surface area (Å²) in [6.45, 7) is 6.92. The summed E-state index contributed by atoms with van der Waals surface area (Å²) in [4.78, 5) is 25.6. The minimum Gasteiger partial charge on any atom is -0.423 e. The van der Waals surface area contributed by atoms with E-state index in [0.717, 1.165) is 47.6 Å². The van der Waals surface area contributed by atoms with Crippen LogP contribution in [0.1, 0.15) is 23.1 Å². The Morgan fingerprint density at radius 1 is 0.718 bits per heavy atom. The fourth-order valence-electron chi connectivity index (χ4n) is 5.29. The molecule has 5 nitrogen and oxygen atoms in total. The number of rotatable bonds is 7. The summed E-state index contributed by atoms with van der Waals surface area (Å²) in [6, 6.07) is 25.6. The normalized spacial score (nSPS) is 13.1. The first-order valence-corrected chi connectivity index (χ1v) is 12.7. The van der Waals surface area contributed by atoms with Crippen LogP contribution in [0.5, 0.6) is 11.5 Å². The van der Waals surface area contributed by atoms with Crippen LogP contribution in [-0.4, -0.2) is 11.9 Å². The number of nitrogens with zero attached hydrogens (tertiary/aromatic N) is 1. The molecule has 0 bridgehead atoms. The minimum atomic E-state index is -0.510. The minimum absolute atomic E-state index is 0.434.